The SMILES string of the molecule is COc1ccc(S(=O)(=O)N(CC(=O)NC(C)c2ccc(C)c(C)c2)c2ccc(F)cc2)cc1OC. The molecule has 3 aromatic carbocycles. The van der Waals surface area contributed by atoms with Gasteiger partial charge in [-0.2, -0.15) is 0 Å². The lowest BCUT2D eigenvalue weighted by Crippen LogP contribution is -2.41. The van der Waals surface area contributed by atoms with E-state index in [2.05, 4.69) is 5.32 Å². The molecule has 1 N–H and O–H groups in total. The number of methoxy groups -OCH3 is 2. The third kappa shape index (κ3) is 5.92. The second kappa shape index (κ2) is 10.8. The number of aryl methyl sites for hydroxylation is 2. The highest BCUT2D eigenvalue weighted by atomic mass is 32.2. The van der Waals surface area contributed by atoms with Crippen LogP contribution in [0, 0.1) is 19.7 Å². The molecule has 3 rings (SSSR count). The van der Waals surface area contributed by atoms with Crippen molar-refractivity contribution in [1.29, 1.82) is 0 Å². The zero-order valence-corrected chi connectivity index (χ0v) is 21.1. The summed E-state index contributed by atoms with van der Waals surface area (Å²) >= 11 is 0. The monoisotopic (exact) mass is 500 g/mol. The molecule has 0 aliphatic heterocycles. The molecule has 0 fully saturated rings. The maximum Gasteiger partial charge on any atom is 0.264 e. The number of anilines is 1. The molecule has 0 bridgehead atoms. The lowest BCUT2D eigenvalue weighted by molar-refractivity contribution is -0.120. The summed E-state index contributed by atoms with van der Waals surface area (Å²) in [4.78, 5) is 12.9. The quantitative estimate of drug-likeness (QED) is 0.467. The number of ether oxygens (including phenoxy) is 2. The minimum absolute atomic E-state index is 0.102. The van der Waals surface area contributed by atoms with Gasteiger partial charge in [0.05, 0.1) is 30.8 Å². The zero-order chi connectivity index (χ0) is 25.8. The van der Waals surface area contributed by atoms with Crippen molar-refractivity contribution in [2.24, 2.45) is 0 Å². The van der Waals surface area contributed by atoms with Crippen LogP contribution in [-0.4, -0.2) is 35.1 Å². The third-order valence-corrected chi connectivity index (χ3v) is 7.52. The molecule has 7 nitrogen and oxygen atoms in total. The largest absolute Gasteiger partial charge is 0.493 e. The molecule has 186 valence electrons. The molecular weight excluding hydrogens is 471 g/mol. The first-order chi connectivity index (χ1) is 16.6. The first kappa shape index (κ1) is 26.0. The number of amides is 1. The van der Waals surface area contributed by atoms with Crippen molar-refractivity contribution in [3.63, 3.8) is 0 Å². The van der Waals surface area contributed by atoms with Crippen LogP contribution in [0.25, 0.3) is 0 Å². The number of benzene rings is 3. The van der Waals surface area contributed by atoms with Crippen molar-refractivity contribution in [1.82, 2.24) is 5.32 Å². The van der Waals surface area contributed by atoms with Crippen molar-refractivity contribution in [3.8, 4) is 11.5 Å². The number of sulfonamides is 1. The Labute approximate surface area is 205 Å². The fourth-order valence-corrected chi connectivity index (χ4v) is 5.00. The maximum atomic E-state index is 13.6. The summed E-state index contributed by atoms with van der Waals surface area (Å²) in [7, 11) is -1.38. The van der Waals surface area contributed by atoms with Crippen LogP contribution < -0.4 is 19.1 Å². The Bertz CT molecular complexity index is 1310. The average Bonchev–Trinajstić information content (AvgIpc) is 2.84. The van der Waals surface area contributed by atoms with Crippen LogP contribution in [0.5, 0.6) is 11.5 Å². The van der Waals surface area contributed by atoms with E-state index in [0.29, 0.717) is 5.75 Å². The molecule has 1 unspecified atom stereocenters. The van der Waals surface area contributed by atoms with Crippen LogP contribution in [0.4, 0.5) is 10.1 Å². The molecule has 35 heavy (non-hydrogen) atoms. The van der Waals surface area contributed by atoms with Crippen LogP contribution in [-0.2, 0) is 14.8 Å². The summed E-state index contributed by atoms with van der Waals surface area (Å²) in [6, 6.07) is 14.6. The minimum atomic E-state index is -4.22. The van der Waals surface area contributed by atoms with E-state index in [0.717, 1.165) is 33.1 Å². The molecule has 0 heterocycles. The van der Waals surface area contributed by atoms with Gasteiger partial charge in [0.25, 0.3) is 10.0 Å². The Morgan fingerprint density at radius 1 is 0.943 bits per heavy atom. The molecule has 0 saturated carbocycles. The second-order valence-corrected chi connectivity index (χ2v) is 10.0. The minimum Gasteiger partial charge on any atom is -0.493 e. The standard InChI is InChI=1S/C26H29FN2O5S/c1-17-6-7-20(14-18(17)2)19(3)28-26(30)16-29(22-10-8-21(27)9-11-22)35(31,32)23-12-13-24(33-4)25(15-23)34-5/h6-15,19H,16H2,1-5H3,(H,28,30). The van der Waals surface area contributed by atoms with Gasteiger partial charge >= 0.3 is 0 Å². The highest BCUT2D eigenvalue weighted by Crippen LogP contribution is 2.32. The van der Waals surface area contributed by atoms with Crippen LogP contribution in [0.1, 0.15) is 29.7 Å². The van der Waals surface area contributed by atoms with Gasteiger partial charge in [0.15, 0.2) is 11.5 Å². The van der Waals surface area contributed by atoms with E-state index in [1.165, 1.54) is 44.6 Å². The zero-order valence-electron chi connectivity index (χ0n) is 20.3. The van der Waals surface area contributed by atoms with Gasteiger partial charge in [-0.15, -0.1) is 0 Å². The smallest absolute Gasteiger partial charge is 0.264 e. The molecule has 3 aromatic rings. The lowest BCUT2D eigenvalue weighted by atomic mass is 10.0. The molecule has 0 aromatic heterocycles. The highest BCUT2D eigenvalue weighted by molar-refractivity contribution is 7.92. The van der Waals surface area contributed by atoms with Gasteiger partial charge in [-0.05, 0) is 73.9 Å². The van der Waals surface area contributed by atoms with Crippen LogP contribution >= 0.6 is 0 Å². The number of halogens is 1. The normalized spacial score (nSPS) is 12.1. The topological polar surface area (TPSA) is 84.9 Å². The summed E-state index contributed by atoms with van der Waals surface area (Å²) in [6.07, 6.45) is 0. The summed E-state index contributed by atoms with van der Waals surface area (Å²) < 4.78 is 52.2. The van der Waals surface area contributed by atoms with Gasteiger partial charge in [-0.3, -0.25) is 9.10 Å². The van der Waals surface area contributed by atoms with Gasteiger partial charge in [-0.1, -0.05) is 18.2 Å². The van der Waals surface area contributed by atoms with Crippen molar-refractivity contribution in [2.75, 3.05) is 25.1 Å². The molecule has 0 saturated heterocycles. The van der Waals surface area contributed by atoms with Gasteiger partial charge < -0.3 is 14.8 Å². The number of hydrogen-bond acceptors (Lipinski definition) is 5. The van der Waals surface area contributed by atoms with Gasteiger partial charge in [-0.25, -0.2) is 12.8 Å². The van der Waals surface area contributed by atoms with Crippen molar-refractivity contribution in [3.05, 3.63) is 83.2 Å². The number of hydrogen-bond donors (Lipinski definition) is 1. The Kier molecular flexibility index (Phi) is 8.01. The van der Waals surface area contributed by atoms with E-state index in [-0.39, 0.29) is 22.4 Å². The summed E-state index contributed by atoms with van der Waals surface area (Å²) in [5, 5.41) is 2.86. The van der Waals surface area contributed by atoms with Gasteiger partial charge in [0, 0.05) is 6.07 Å². The summed E-state index contributed by atoms with van der Waals surface area (Å²) in [5.41, 5.74) is 3.27. The summed E-state index contributed by atoms with van der Waals surface area (Å²) in [6.45, 7) is 5.31. The molecule has 0 spiro atoms. The Hall–Kier alpha value is -3.59. The lowest BCUT2D eigenvalue weighted by Gasteiger charge is -2.25. The van der Waals surface area contributed by atoms with E-state index >= 15 is 0 Å². The average molecular weight is 501 g/mol. The molecule has 0 aliphatic carbocycles. The first-order valence-electron chi connectivity index (χ1n) is 10.9. The van der Waals surface area contributed by atoms with Crippen molar-refractivity contribution < 1.29 is 27.1 Å². The van der Waals surface area contributed by atoms with Crippen LogP contribution in [0.15, 0.2) is 65.6 Å². The Morgan fingerprint density at radius 2 is 1.60 bits per heavy atom. The molecular formula is C26H29FN2O5S. The maximum absolute atomic E-state index is 13.6. The predicted octanol–water partition coefficient (Wildman–Crippen LogP) is 4.53. The number of carbonyl (C=O) groups is 1. The van der Waals surface area contributed by atoms with E-state index in [4.69, 9.17) is 9.47 Å². The van der Waals surface area contributed by atoms with E-state index in [1.807, 2.05) is 39.0 Å². The van der Waals surface area contributed by atoms with Crippen molar-refractivity contribution >= 4 is 21.6 Å². The number of carbonyl (C=O) groups excluding carboxylic acids is 1. The molecule has 0 radical (unpaired) electrons. The molecule has 0 aliphatic rings. The molecule has 1 amide bonds. The van der Waals surface area contributed by atoms with E-state index in [9.17, 15) is 17.6 Å². The Balaban J connectivity index is 1.93. The number of nitrogens with one attached hydrogen (secondary N) is 1. The summed E-state index contributed by atoms with van der Waals surface area (Å²) in [5.74, 6) is -0.450. The van der Waals surface area contributed by atoms with Crippen molar-refractivity contribution in [2.45, 2.75) is 31.7 Å². The van der Waals surface area contributed by atoms with Gasteiger partial charge in [0.1, 0.15) is 12.4 Å². The number of nitrogens with zero attached hydrogens (tertiary/aromatic N) is 1. The second-order valence-electron chi connectivity index (χ2n) is 8.14. The number of rotatable bonds is 9. The molecule has 9 heteroatoms. The molecule has 1 atom stereocenters. The fourth-order valence-electron chi connectivity index (χ4n) is 3.56. The predicted molar refractivity (Wildman–Crippen MR) is 133 cm³/mol. The first-order valence-corrected chi connectivity index (χ1v) is 12.4. The van der Waals surface area contributed by atoms with Crippen LogP contribution in [0.3, 0.4) is 0 Å². The Morgan fingerprint density at radius 3 is 2.20 bits per heavy atom. The fraction of sp³-hybridized carbons (Fsp3) is 0.269. The van der Waals surface area contributed by atoms with E-state index < -0.39 is 28.3 Å². The third-order valence-electron chi connectivity index (χ3n) is 5.75. The highest BCUT2D eigenvalue weighted by Gasteiger charge is 2.29. The van der Waals surface area contributed by atoms with Crippen LogP contribution in [0.2, 0.25) is 0 Å². The van der Waals surface area contributed by atoms with Gasteiger partial charge in [0.2, 0.25) is 5.91 Å². The van der Waals surface area contributed by atoms with E-state index in [1.54, 1.807) is 0 Å².